The van der Waals surface area contributed by atoms with E-state index in [4.69, 9.17) is 0 Å². The number of hydrogen-bond acceptors (Lipinski definition) is 3. The predicted molar refractivity (Wildman–Crippen MR) is 107 cm³/mol. The van der Waals surface area contributed by atoms with E-state index < -0.39 is 12.2 Å². The number of hydrogen-bond donors (Lipinski definition) is 2. The highest BCUT2D eigenvalue weighted by Gasteiger charge is 2.41. The summed E-state index contributed by atoms with van der Waals surface area (Å²) in [6.45, 7) is 9.07. The van der Waals surface area contributed by atoms with Crippen molar-refractivity contribution in [1.82, 2.24) is 0 Å². The second-order valence-corrected chi connectivity index (χ2v) is 9.28. The van der Waals surface area contributed by atoms with Crippen LogP contribution in [0.5, 0.6) is 0 Å². The fourth-order valence-corrected chi connectivity index (χ4v) is 5.20. The molecule has 0 bridgehead atoms. The van der Waals surface area contributed by atoms with Gasteiger partial charge in [-0.25, -0.2) is 0 Å². The Labute approximate surface area is 160 Å². The minimum absolute atomic E-state index is 0.0834. The van der Waals surface area contributed by atoms with Gasteiger partial charge in [-0.3, -0.25) is 4.79 Å². The molecule has 6 atom stereocenters. The number of rotatable bonds is 8. The Hall–Kier alpha value is -0.670. The Bertz CT molecular complexity index is 482. The van der Waals surface area contributed by atoms with Crippen molar-refractivity contribution in [3.8, 4) is 0 Å². The summed E-state index contributed by atoms with van der Waals surface area (Å²) in [4.78, 5) is 12.0. The first-order chi connectivity index (χ1) is 12.3. The third-order valence-corrected chi connectivity index (χ3v) is 6.72. The third kappa shape index (κ3) is 5.66. The Kier molecular flexibility index (Phi) is 8.35. The van der Waals surface area contributed by atoms with E-state index >= 15 is 0 Å². The van der Waals surface area contributed by atoms with Crippen LogP contribution < -0.4 is 0 Å². The van der Waals surface area contributed by atoms with Crippen molar-refractivity contribution in [3.05, 3.63) is 11.6 Å². The van der Waals surface area contributed by atoms with Gasteiger partial charge in [-0.2, -0.15) is 0 Å². The number of unbranched alkanes of at least 4 members (excludes halogenated alkanes) is 2. The second-order valence-electron chi connectivity index (χ2n) is 9.28. The van der Waals surface area contributed by atoms with Gasteiger partial charge in [0.15, 0.2) is 0 Å². The Morgan fingerprint density at radius 1 is 1.19 bits per heavy atom. The lowest BCUT2D eigenvalue weighted by molar-refractivity contribution is -0.117. The molecule has 2 saturated carbocycles. The van der Waals surface area contributed by atoms with Crippen molar-refractivity contribution >= 4 is 5.78 Å². The molecule has 2 aliphatic carbocycles. The highest BCUT2D eigenvalue weighted by Crippen LogP contribution is 2.46. The van der Waals surface area contributed by atoms with Crippen LogP contribution in [-0.4, -0.2) is 28.2 Å². The molecule has 2 N–H and O–H groups in total. The standard InChI is InChI=1S/C23H40O3/c1-5-6-7-8-17(24)12-21(22-13-18(25)14-23(22)26)20-11-16(4)9-10-19(20)15(2)3/h12,15-17,19-20,22-24,26H,5-11,13-14H2,1-4H3/t16-,17+,19?,20?,22-,23-/m1/s1. The van der Waals surface area contributed by atoms with E-state index in [2.05, 4.69) is 27.7 Å². The monoisotopic (exact) mass is 364 g/mol. The van der Waals surface area contributed by atoms with Crippen molar-refractivity contribution in [1.29, 1.82) is 0 Å². The normalized spacial score (nSPS) is 34.5. The number of ketones is 1. The van der Waals surface area contributed by atoms with Crippen LogP contribution in [0.3, 0.4) is 0 Å². The quantitative estimate of drug-likeness (QED) is 0.475. The first-order valence-corrected chi connectivity index (χ1v) is 10.9. The SMILES string of the molecule is CCCCC[C@H](O)C=C(C1C[C@H](C)CCC1C(C)C)[C@H]1CC(=O)C[C@H]1O. The van der Waals surface area contributed by atoms with E-state index in [1.165, 1.54) is 18.4 Å². The first kappa shape index (κ1) is 21.6. The van der Waals surface area contributed by atoms with E-state index in [1.807, 2.05) is 6.08 Å². The van der Waals surface area contributed by atoms with E-state index in [0.717, 1.165) is 32.1 Å². The molecule has 26 heavy (non-hydrogen) atoms. The number of aliphatic hydroxyl groups excluding tert-OH is 2. The van der Waals surface area contributed by atoms with Gasteiger partial charge < -0.3 is 10.2 Å². The van der Waals surface area contributed by atoms with Gasteiger partial charge in [0, 0.05) is 18.8 Å². The van der Waals surface area contributed by atoms with Crippen molar-refractivity contribution in [2.24, 2.45) is 29.6 Å². The molecule has 0 aromatic heterocycles. The summed E-state index contributed by atoms with van der Waals surface area (Å²) in [5.41, 5.74) is 1.19. The Morgan fingerprint density at radius 2 is 1.92 bits per heavy atom. The van der Waals surface area contributed by atoms with Crippen LogP contribution in [0.15, 0.2) is 11.6 Å². The lowest BCUT2D eigenvalue weighted by Gasteiger charge is -2.41. The molecule has 0 saturated heterocycles. The molecule has 0 aromatic rings. The van der Waals surface area contributed by atoms with Crippen molar-refractivity contribution in [2.45, 2.75) is 97.7 Å². The highest BCUT2D eigenvalue weighted by atomic mass is 16.3. The molecular weight excluding hydrogens is 324 g/mol. The minimum atomic E-state index is -0.568. The zero-order valence-electron chi connectivity index (χ0n) is 17.3. The van der Waals surface area contributed by atoms with E-state index in [0.29, 0.717) is 30.1 Å². The summed E-state index contributed by atoms with van der Waals surface area (Å²) in [5, 5.41) is 21.2. The fourth-order valence-electron chi connectivity index (χ4n) is 5.20. The maximum Gasteiger partial charge on any atom is 0.136 e. The maximum absolute atomic E-state index is 12.0. The van der Waals surface area contributed by atoms with Gasteiger partial charge in [-0.1, -0.05) is 65.0 Å². The minimum Gasteiger partial charge on any atom is -0.392 e. The van der Waals surface area contributed by atoms with Crippen LogP contribution in [-0.2, 0) is 4.79 Å². The topological polar surface area (TPSA) is 57.5 Å². The van der Waals surface area contributed by atoms with Gasteiger partial charge in [0.25, 0.3) is 0 Å². The Morgan fingerprint density at radius 3 is 2.50 bits per heavy atom. The van der Waals surface area contributed by atoms with Crippen LogP contribution >= 0.6 is 0 Å². The van der Waals surface area contributed by atoms with Crippen LogP contribution in [0.25, 0.3) is 0 Å². The molecule has 2 fully saturated rings. The van der Waals surface area contributed by atoms with Gasteiger partial charge in [0.05, 0.1) is 12.2 Å². The smallest absolute Gasteiger partial charge is 0.136 e. The molecule has 0 radical (unpaired) electrons. The van der Waals surface area contributed by atoms with Crippen molar-refractivity contribution in [2.75, 3.05) is 0 Å². The largest absolute Gasteiger partial charge is 0.392 e. The summed E-state index contributed by atoms with van der Waals surface area (Å²) in [6.07, 6.45) is 9.44. The molecular formula is C23H40O3. The van der Waals surface area contributed by atoms with Crippen molar-refractivity contribution < 1.29 is 15.0 Å². The third-order valence-electron chi connectivity index (χ3n) is 6.72. The lowest BCUT2D eigenvalue weighted by atomic mass is 9.64. The number of carbonyl (C=O) groups is 1. The molecule has 0 spiro atoms. The average molecular weight is 365 g/mol. The van der Waals surface area contributed by atoms with Crippen LogP contribution in [0, 0.1) is 29.6 Å². The second kappa shape index (κ2) is 10.0. The van der Waals surface area contributed by atoms with Gasteiger partial charge >= 0.3 is 0 Å². The summed E-state index contributed by atoms with van der Waals surface area (Å²) in [7, 11) is 0. The van der Waals surface area contributed by atoms with E-state index in [9.17, 15) is 15.0 Å². The molecule has 0 aromatic carbocycles. The summed E-state index contributed by atoms with van der Waals surface area (Å²) in [6, 6.07) is 0. The Balaban J connectivity index is 2.27. The number of aliphatic hydroxyl groups is 2. The predicted octanol–water partition coefficient (Wildman–Crippen LogP) is 4.90. The molecule has 0 heterocycles. The molecule has 0 aliphatic heterocycles. The fraction of sp³-hybridized carbons (Fsp3) is 0.870. The molecule has 2 aliphatic rings. The van der Waals surface area contributed by atoms with E-state index in [-0.39, 0.29) is 18.1 Å². The van der Waals surface area contributed by atoms with Crippen LogP contribution in [0.1, 0.15) is 85.5 Å². The van der Waals surface area contributed by atoms with Crippen LogP contribution in [0.2, 0.25) is 0 Å². The average Bonchev–Trinajstić information content (AvgIpc) is 2.90. The molecule has 150 valence electrons. The van der Waals surface area contributed by atoms with Crippen molar-refractivity contribution in [3.63, 3.8) is 0 Å². The lowest BCUT2D eigenvalue weighted by Crippen LogP contribution is -2.33. The first-order valence-electron chi connectivity index (χ1n) is 10.9. The number of carbonyl (C=O) groups excluding carboxylic acids is 1. The summed E-state index contributed by atoms with van der Waals surface area (Å²) >= 11 is 0. The number of Topliss-reactive ketones (excluding diaryl/α,β-unsaturated/α-hetero) is 1. The highest BCUT2D eigenvalue weighted by molar-refractivity contribution is 5.82. The van der Waals surface area contributed by atoms with E-state index in [1.54, 1.807) is 0 Å². The summed E-state index contributed by atoms with van der Waals surface area (Å²) < 4.78 is 0. The molecule has 2 unspecified atom stereocenters. The molecule has 0 amide bonds. The van der Waals surface area contributed by atoms with Gasteiger partial charge in [-0.05, 0) is 42.9 Å². The van der Waals surface area contributed by atoms with Crippen LogP contribution in [0.4, 0.5) is 0 Å². The molecule has 3 heteroatoms. The van der Waals surface area contributed by atoms with Gasteiger partial charge in [0.1, 0.15) is 5.78 Å². The van der Waals surface area contributed by atoms with Gasteiger partial charge in [-0.15, -0.1) is 0 Å². The summed E-state index contributed by atoms with van der Waals surface area (Å²) in [5.74, 6) is 2.32. The van der Waals surface area contributed by atoms with Gasteiger partial charge in [0.2, 0.25) is 0 Å². The zero-order chi connectivity index (χ0) is 19.3. The molecule has 3 nitrogen and oxygen atoms in total. The molecule has 2 rings (SSSR count). The maximum atomic E-state index is 12.0. The zero-order valence-corrected chi connectivity index (χ0v) is 17.3.